The molecule has 2 aromatic carbocycles. The number of fused-ring (bicyclic) bond motifs is 1. The van der Waals surface area contributed by atoms with E-state index in [4.69, 9.17) is 9.84 Å². The van der Waals surface area contributed by atoms with Crippen molar-refractivity contribution in [2.24, 2.45) is 7.05 Å². The van der Waals surface area contributed by atoms with Gasteiger partial charge >= 0.3 is 5.97 Å². The summed E-state index contributed by atoms with van der Waals surface area (Å²) in [7, 11) is 1.77. The molecule has 5 nitrogen and oxygen atoms in total. The van der Waals surface area contributed by atoms with Crippen LogP contribution in [0.25, 0.3) is 10.9 Å². The average molecular weight is 309 g/mol. The Morgan fingerprint density at radius 3 is 2.57 bits per heavy atom. The molecular weight excluding hydrogens is 294 g/mol. The van der Waals surface area contributed by atoms with Gasteiger partial charge in [-0.05, 0) is 17.7 Å². The van der Waals surface area contributed by atoms with Crippen LogP contribution in [0.3, 0.4) is 0 Å². The van der Waals surface area contributed by atoms with Crippen molar-refractivity contribution < 1.29 is 19.4 Å². The third-order valence-corrected chi connectivity index (χ3v) is 3.65. The van der Waals surface area contributed by atoms with Gasteiger partial charge in [0.1, 0.15) is 12.4 Å². The van der Waals surface area contributed by atoms with E-state index in [0.717, 1.165) is 11.1 Å². The largest absolute Gasteiger partial charge is 0.489 e. The zero-order chi connectivity index (χ0) is 16.4. The van der Waals surface area contributed by atoms with Gasteiger partial charge in [0.25, 0.3) is 5.78 Å². The first-order valence-electron chi connectivity index (χ1n) is 7.09. The molecule has 0 saturated heterocycles. The monoisotopic (exact) mass is 309 g/mol. The molecular formula is C18H15NO4. The second-order valence-corrected chi connectivity index (χ2v) is 5.24. The van der Waals surface area contributed by atoms with Crippen LogP contribution in [0.4, 0.5) is 0 Å². The van der Waals surface area contributed by atoms with Gasteiger partial charge in [0, 0.05) is 24.7 Å². The number of ketones is 1. The fourth-order valence-electron chi connectivity index (χ4n) is 2.49. The van der Waals surface area contributed by atoms with Crippen LogP contribution in [0.15, 0.2) is 54.7 Å². The number of nitrogens with zero attached hydrogens (tertiary/aromatic N) is 1. The summed E-state index contributed by atoms with van der Waals surface area (Å²) in [4.78, 5) is 22.6. The van der Waals surface area contributed by atoms with Crippen molar-refractivity contribution in [2.75, 3.05) is 0 Å². The van der Waals surface area contributed by atoms with Gasteiger partial charge in [0.15, 0.2) is 0 Å². The molecule has 1 heterocycles. The molecule has 0 spiro atoms. The summed E-state index contributed by atoms with van der Waals surface area (Å²) >= 11 is 0. The Bertz CT molecular complexity index is 881. The average Bonchev–Trinajstić information content (AvgIpc) is 2.89. The molecule has 0 bridgehead atoms. The molecule has 3 aromatic rings. The maximum Gasteiger partial charge on any atom is 0.377 e. The Balaban J connectivity index is 1.89. The molecule has 0 aliphatic carbocycles. The zero-order valence-electron chi connectivity index (χ0n) is 12.5. The summed E-state index contributed by atoms with van der Waals surface area (Å²) in [5.74, 6) is -1.70. The van der Waals surface area contributed by atoms with E-state index in [2.05, 4.69) is 0 Å². The van der Waals surface area contributed by atoms with Crippen LogP contribution < -0.4 is 4.74 Å². The van der Waals surface area contributed by atoms with Gasteiger partial charge in [0.05, 0.1) is 11.1 Å². The SMILES string of the molecule is Cn1cc(C(=O)C(=O)O)c2ccc(OCc3ccccc3)cc21. The highest BCUT2D eigenvalue weighted by Gasteiger charge is 2.20. The molecule has 5 heteroatoms. The number of benzene rings is 2. The summed E-state index contributed by atoms with van der Waals surface area (Å²) in [6, 6.07) is 15.0. The molecule has 0 amide bonds. The number of aryl methyl sites for hydroxylation is 1. The fraction of sp³-hybridized carbons (Fsp3) is 0.111. The van der Waals surface area contributed by atoms with Gasteiger partial charge in [-0.2, -0.15) is 0 Å². The van der Waals surface area contributed by atoms with Crippen LogP contribution in [-0.4, -0.2) is 21.4 Å². The lowest BCUT2D eigenvalue weighted by atomic mass is 10.1. The van der Waals surface area contributed by atoms with Crippen molar-refractivity contribution in [1.82, 2.24) is 4.57 Å². The summed E-state index contributed by atoms with van der Waals surface area (Å²) in [6.45, 7) is 0.442. The highest BCUT2D eigenvalue weighted by Crippen LogP contribution is 2.26. The van der Waals surface area contributed by atoms with Crippen molar-refractivity contribution in [2.45, 2.75) is 6.61 Å². The highest BCUT2D eigenvalue weighted by molar-refractivity contribution is 6.42. The van der Waals surface area contributed by atoms with E-state index in [9.17, 15) is 9.59 Å². The number of carbonyl (C=O) groups is 2. The van der Waals surface area contributed by atoms with E-state index in [1.807, 2.05) is 30.3 Å². The molecule has 0 unspecified atom stereocenters. The molecule has 0 fully saturated rings. The van der Waals surface area contributed by atoms with Gasteiger partial charge in [-0.15, -0.1) is 0 Å². The first kappa shape index (κ1) is 14.8. The molecule has 116 valence electrons. The number of carboxylic acids is 1. The topological polar surface area (TPSA) is 68.5 Å². The van der Waals surface area contributed by atoms with E-state index >= 15 is 0 Å². The smallest absolute Gasteiger partial charge is 0.377 e. The number of carbonyl (C=O) groups excluding carboxylic acids is 1. The van der Waals surface area contributed by atoms with Crippen molar-refractivity contribution in [3.63, 3.8) is 0 Å². The molecule has 23 heavy (non-hydrogen) atoms. The first-order chi connectivity index (χ1) is 11.1. The Kier molecular flexibility index (Phi) is 3.85. The van der Waals surface area contributed by atoms with Gasteiger partial charge in [-0.25, -0.2) is 4.79 Å². The molecule has 0 atom stereocenters. The number of Topliss-reactive ketones (excluding diaryl/α,β-unsaturated/α-hetero) is 1. The third kappa shape index (κ3) is 2.94. The number of aromatic nitrogens is 1. The van der Waals surface area contributed by atoms with Gasteiger partial charge in [-0.1, -0.05) is 30.3 Å². The third-order valence-electron chi connectivity index (χ3n) is 3.65. The first-order valence-corrected chi connectivity index (χ1v) is 7.09. The fourth-order valence-corrected chi connectivity index (χ4v) is 2.49. The lowest BCUT2D eigenvalue weighted by Gasteiger charge is -2.07. The molecule has 0 aliphatic rings. The van der Waals surface area contributed by atoms with Gasteiger partial charge in [-0.3, -0.25) is 4.79 Å². The van der Waals surface area contributed by atoms with E-state index < -0.39 is 11.8 Å². The predicted octanol–water partition coefficient (Wildman–Crippen LogP) is 3.02. The van der Waals surface area contributed by atoms with Crippen LogP contribution in [-0.2, 0) is 18.4 Å². The lowest BCUT2D eigenvalue weighted by Crippen LogP contribution is -2.12. The zero-order valence-corrected chi connectivity index (χ0v) is 12.5. The summed E-state index contributed by atoms with van der Waals surface area (Å²) in [5.41, 5.74) is 1.99. The number of hydrogen-bond donors (Lipinski definition) is 1. The second kappa shape index (κ2) is 5.96. The minimum Gasteiger partial charge on any atom is -0.489 e. The normalized spacial score (nSPS) is 10.7. The number of aliphatic carboxylic acids is 1. The Morgan fingerprint density at radius 1 is 1.13 bits per heavy atom. The van der Waals surface area contributed by atoms with Crippen LogP contribution in [0.5, 0.6) is 5.75 Å². The summed E-state index contributed by atoms with van der Waals surface area (Å²) in [6.07, 6.45) is 1.53. The highest BCUT2D eigenvalue weighted by atomic mass is 16.5. The summed E-state index contributed by atoms with van der Waals surface area (Å²) in [5, 5.41) is 9.49. The maximum atomic E-state index is 11.7. The Hall–Kier alpha value is -3.08. The van der Waals surface area contributed by atoms with Crippen LogP contribution in [0.2, 0.25) is 0 Å². The van der Waals surface area contributed by atoms with Crippen molar-refractivity contribution in [1.29, 1.82) is 0 Å². The Morgan fingerprint density at radius 2 is 1.87 bits per heavy atom. The van der Waals surface area contributed by atoms with E-state index in [0.29, 0.717) is 17.7 Å². The van der Waals surface area contributed by atoms with E-state index in [1.165, 1.54) is 6.20 Å². The van der Waals surface area contributed by atoms with Gasteiger partial charge < -0.3 is 14.4 Å². The number of carboxylic acid groups (broad SMARTS) is 1. The summed E-state index contributed by atoms with van der Waals surface area (Å²) < 4.78 is 7.48. The minimum atomic E-state index is -1.46. The predicted molar refractivity (Wildman–Crippen MR) is 85.7 cm³/mol. The molecule has 0 aliphatic heterocycles. The Labute approximate surface area is 132 Å². The van der Waals surface area contributed by atoms with Crippen molar-refractivity contribution in [3.05, 3.63) is 65.9 Å². The molecule has 0 radical (unpaired) electrons. The molecule has 3 rings (SSSR count). The van der Waals surface area contributed by atoms with Crippen molar-refractivity contribution >= 4 is 22.7 Å². The van der Waals surface area contributed by atoms with Gasteiger partial charge in [0.2, 0.25) is 0 Å². The quantitative estimate of drug-likeness (QED) is 0.581. The standard InChI is InChI=1S/C18H15NO4/c1-19-10-15(17(20)18(21)22)14-8-7-13(9-16(14)19)23-11-12-5-3-2-4-6-12/h2-10H,11H2,1H3,(H,21,22). The van der Waals surface area contributed by atoms with Crippen LogP contribution >= 0.6 is 0 Å². The maximum absolute atomic E-state index is 11.7. The van der Waals surface area contributed by atoms with E-state index in [-0.39, 0.29) is 5.56 Å². The van der Waals surface area contributed by atoms with Crippen molar-refractivity contribution in [3.8, 4) is 5.75 Å². The minimum absolute atomic E-state index is 0.185. The van der Waals surface area contributed by atoms with Crippen LogP contribution in [0, 0.1) is 0 Å². The second-order valence-electron chi connectivity index (χ2n) is 5.24. The molecule has 1 aromatic heterocycles. The molecule has 0 saturated carbocycles. The molecule has 1 N–H and O–H groups in total. The van der Waals surface area contributed by atoms with E-state index in [1.54, 1.807) is 29.8 Å². The lowest BCUT2D eigenvalue weighted by molar-refractivity contribution is -0.131. The number of rotatable bonds is 5. The van der Waals surface area contributed by atoms with Crippen LogP contribution in [0.1, 0.15) is 15.9 Å². The number of ether oxygens (including phenoxy) is 1. The number of hydrogen-bond acceptors (Lipinski definition) is 3.